The van der Waals surface area contributed by atoms with Gasteiger partial charge in [0, 0.05) is 10.8 Å². The van der Waals surface area contributed by atoms with E-state index in [1.807, 2.05) is 11.3 Å². The summed E-state index contributed by atoms with van der Waals surface area (Å²) in [6.45, 7) is 14.5. The molecular weight excluding hydrogens is 240 g/mol. The Balaban J connectivity index is 3.02. The molecule has 0 aromatic carbocycles. The van der Waals surface area contributed by atoms with Gasteiger partial charge in [-0.05, 0) is 25.8 Å². The fourth-order valence-corrected chi connectivity index (χ4v) is 3.45. The molecule has 0 atom stereocenters. The lowest BCUT2D eigenvalue weighted by Gasteiger charge is -2.31. The van der Waals surface area contributed by atoms with Crippen molar-refractivity contribution in [3.63, 3.8) is 0 Å². The summed E-state index contributed by atoms with van der Waals surface area (Å²) in [5, 5.41) is 7.19. The zero-order valence-electron chi connectivity index (χ0n) is 12.8. The number of aromatic nitrogens is 1. The Labute approximate surface area is 116 Å². The molecule has 1 rings (SSSR count). The van der Waals surface area contributed by atoms with Crippen molar-refractivity contribution in [1.29, 1.82) is 0 Å². The minimum atomic E-state index is 0.0736. The van der Waals surface area contributed by atoms with Crippen LogP contribution in [-0.2, 0) is 11.0 Å². The molecule has 0 aliphatic heterocycles. The van der Waals surface area contributed by atoms with Crippen LogP contribution in [0.3, 0.4) is 0 Å². The second-order valence-electron chi connectivity index (χ2n) is 6.00. The lowest BCUT2D eigenvalue weighted by molar-refractivity contribution is 0.306. The first-order valence-corrected chi connectivity index (χ1v) is 7.99. The molecule has 0 radical (unpaired) electrons. The Morgan fingerprint density at radius 2 is 1.78 bits per heavy atom. The minimum Gasteiger partial charge on any atom is -0.305 e. The fourth-order valence-electron chi connectivity index (χ4n) is 2.08. The van der Waals surface area contributed by atoms with Gasteiger partial charge in [-0.2, -0.15) is 0 Å². The summed E-state index contributed by atoms with van der Waals surface area (Å²) in [5.41, 5.74) is 1.43. The summed E-state index contributed by atoms with van der Waals surface area (Å²) in [4.78, 5) is 4.90. The Kier molecular flexibility index (Phi) is 5.35. The highest BCUT2D eigenvalue weighted by Gasteiger charge is 2.32. The van der Waals surface area contributed by atoms with Gasteiger partial charge < -0.3 is 5.32 Å². The van der Waals surface area contributed by atoms with Crippen molar-refractivity contribution < 1.29 is 0 Å². The molecule has 0 spiro atoms. The van der Waals surface area contributed by atoms with Gasteiger partial charge in [0.2, 0.25) is 0 Å². The van der Waals surface area contributed by atoms with Crippen LogP contribution in [0.4, 0.5) is 0 Å². The van der Waals surface area contributed by atoms with Gasteiger partial charge in [0.05, 0.1) is 11.2 Å². The number of thiazole rings is 1. The van der Waals surface area contributed by atoms with E-state index in [1.54, 1.807) is 0 Å². The summed E-state index contributed by atoms with van der Waals surface area (Å²) in [6, 6.07) is 0. The fraction of sp³-hybridized carbons (Fsp3) is 0.800. The van der Waals surface area contributed by atoms with Crippen molar-refractivity contribution in [3.05, 3.63) is 16.1 Å². The number of nitrogens with one attached hydrogen (secondary N) is 1. The first-order chi connectivity index (χ1) is 8.39. The maximum Gasteiger partial charge on any atom is 0.113 e. The van der Waals surface area contributed by atoms with E-state index < -0.39 is 0 Å². The third kappa shape index (κ3) is 3.33. The number of nitrogens with zero attached hydrogens (tertiary/aromatic N) is 1. The molecule has 0 aliphatic rings. The van der Waals surface area contributed by atoms with Crippen LogP contribution >= 0.6 is 11.3 Å². The van der Waals surface area contributed by atoms with E-state index in [2.05, 4.69) is 52.2 Å². The third-order valence-electron chi connectivity index (χ3n) is 3.60. The van der Waals surface area contributed by atoms with Crippen LogP contribution in [0.25, 0.3) is 0 Å². The van der Waals surface area contributed by atoms with E-state index in [9.17, 15) is 0 Å². The van der Waals surface area contributed by atoms with Crippen LogP contribution in [0, 0.1) is 0 Å². The van der Waals surface area contributed by atoms with Gasteiger partial charge in [-0.1, -0.05) is 41.5 Å². The summed E-state index contributed by atoms with van der Waals surface area (Å²) in [5.74, 6) is 0. The maximum atomic E-state index is 4.90. The molecule has 0 amide bonds. The molecule has 3 heteroatoms. The number of rotatable bonds is 6. The highest BCUT2D eigenvalue weighted by Crippen LogP contribution is 2.34. The molecule has 0 saturated heterocycles. The first kappa shape index (κ1) is 15.6. The molecule has 1 aromatic rings. The van der Waals surface area contributed by atoms with Gasteiger partial charge in [0.1, 0.15) is 5.01 Å². The van der Waals surface area contributed by atoms with Gasteiger partial charge in [0.15, 0.2) is 0 Å². The SMILES string of the molecule is CCCNC(CC)(CC)c1nc(C(C)(C)C)cs1. The minimum absolute atomic E-state index is 0.0736. The topological polar surface area (TPSA) is 24.9 Å². The second kappa shape index (κ2) is 6.16. The molecule has 0 aliphatic carbocycles. The van der Waals surface area contributed by atoms with E-state index in [4.69, 9.17) is 4.98 Å². The lowest BCUT2D eigenvalue weighted by atomic mass is 9.91. The Bertz CT molecular complexity index is 359. The second-order valence-corrected chi connectivity index (χ2v) is 6.86. The Morgan fingerprint density at radius 3 is 2.17 bits per heavy atom. The molecule has 0 unspecified atom stereocenters. The van der Waals surface area contributed by atoms with Crippen LogP contribution in [0.5, 0.6) is 0 Å². The largest absolute Gasteiger partial charge is 0.305 e. The van der Waals surface area contributed by atoms with E-state index in [-0.39, 0.29) is 11.0 Å². The average Bonchev–Trinajstić information content (AvgIpc) is 2.81. The Hall–Kier alpha value is -0.410. The van der Waals surface area contributed by atoms with E-state index >= 15 is 0 Å². The van der Waals surface area contributed by atoms with Gasteiger partial charge in [-0.3, -0.25) is 0 Å². The van der Waals surface area contributed by atoms with Gasteiger partial charge in [-0.15, -0.1) is 11.3 Å². The smallest absolute Gasteiger partial charge is 0.113 e. The predicted octanol–water partition coefficient (Wildman–Crippen LogP) is 4.46. The quantitative estimate of drug-likeness (QED) is 0.824. The van der Waals surface area contributed by atoms with Crippen LogP contribution in [-0.4, -0.2) is 11.5 Å². The van der Waals surface area contributed by atoms with Crippen molar-refractivity contribution in [2.45, 2.75) is 71.8 Å². The zero-order valence-corrected chi connectivity index (χ0v) is 13.6. The molecule has 18 heavy (non-hydrogen) atoms. The third-order valence-corrected chi connectivity index (χ3v) is 4.65. The first-order valence-electron chi connectivity index (χ1n) is 7.11. The molecule has 1 N–H and O–H groups in total. The number of hydrogen-bond donors (Lipinski definition) is 1. The monoisotopic (exact) mass is 268 g/mol. The standard InChI is InChI=1S/C15H28N2S/c1-7-10-16-15(8-2,9-3)13-17-12(11-18-13)14(4,5)6/h11,16H,7-10H2,1-6H3. The Morgan fingerprint density at radius 1 is 1.17 bits per heavy atom. The van der Waals surface area contributed by atoms with Crippen molar-refractivity contribution in [2.75, 3.05) is 6.54 Å². The summed E-state index contributed by atoms with van der Waals surface area (Å²) in [6.07, 6.45) is 3.36. The molecule has 0 bridgehead atoms. The van der Waals surface area contributed by atoms with E-state index in [0.29, 0.717) is 0 Å². The molecule has 1 aromatic heterocycles. The number of hydrogen-bond acceptors (Lipinski definition) is 3. The molecule has 1 heterocycles. The highest BCUT2D eigenvalue weighted by molar-refractivity contribution is 7.09. The highest BCUT2D eigenvalue weighted by atomic mass is 32.1. The van der Waals surface area contributed by atoms with Gasteiger partial charge >= 0.3 is 0 Å². The summed E-state index contributed by atoms with van der Waals surface area (Å²) >= 11 is 1.81. The van der Waals surface area contributed by atoms with Gasteiger partial charge in [-0.25, -0.2) is 4.98 Å². The van der Waals surface area contributed by atoms with E-state index in [1.165, 1.54) is 17.1 Å². The average molecular weight is 268 g/mol. The molecule has 0 saturated carbocycles. The normalized spacial score (nSPS) is 13.0. The lowest BCUT2D eigenvalue weighted by Crippen LogP contribution is -2.41. The van der Waals surface area contributed by atoms with Crippen molar-refractivity contribution in [3.8, 4) is 0 Å². The van der Waals surface area contributed by atoms with Gasteiger partial charge in [0.25, 0.3) is 0 Å². The maximum absolute atomic E-state index is 4.90. The molecule has 2 nitrogen and oxygen atoms in total. The summed E-state index contributed by atoms with van der Waals surface area (Å²) < 4.78 is 0. The van der Waals surface area contributed by atoms with E-state index in [0.717, 1.165) is 19.4 Å². The van der Waals surface area contributed by atoms with Crippen molar-refractivity contribution >= 4 is 11.3 Å². The molecule has 104 valence electrons. The van der Waals surface area contributed by atoms with Crippen LogP contribution in [0.15, 0.2) is 5.38 Å². The van der Waals surface area contributed by atoms with Crippen LogP contribution in [0.2, 0.25) is 0 Å². The molecular formula is C15H28N2S. The zero-order chi connectivity index (χ0) is 13.8. The van der Waals surface area contributed by atoms with Crippen molar-refractivity contribution in [1.82, 2.24) is 10.3 Å². The summed E-state index contributed by atoms with van der Waals surface area (Å²) in [7, 11) is 0. The van der Waals surface area contributed by atoms with Crippen molar-refractivity contribution in [2.24, 2.45) is 0 Å². The van der Waals surface area contributed by atoms with Crippen LogP contribution in [0.1, 0.15) is 71.5 Å². The predicted molar refractivity (Wildman–Crippen MR) is 81.4 cm³/mol. The van der Waals surface area contributed by atoms with Crippen LogP contribution < -0.4 is 5.32 Å². The molecule has 0 fully saturated rings.